The molecule has 6 nitrogen and oxygen atoms in total. The van der Waals surface area contributed by atoms with Crippen LogP contribution in [0.1, 0.15) is 25.0 Å². The third-order valence-electron chi connectivity index (χ3n) is 5.64. The molecule has 32 heavy (non-hydrogen) atoms. The molecule has 5 N–H and O–H groups in total. The van der Waals surface area contributed by atoms with Crippen LogP contribution < -0.4 is 16.4 Å². The fourth-order valence-electron chi connectivity index (χ4n) is 3.83. The molecule has 0 aliphatic rings. The Bertz CT molecular complexity index is 1260. The molecule has 0 fully saturated rings. The quantitative estimate of drug-likeness (QED) is 0.363. The van der Waals surface area contributed by atoms with Gasteiger partial charge in [-0.25, -0.2) is 0 Å². The van der Waals surface area contributed by atoms with E-state index in [1.165, 1.54) is 0 Å². The molecule has 4 aromatic rings. The Kier molecular flexibility index (Phi) is 5.97. The topological polar surface area (TPSA) is 100 Å². The smallest absolute Gasteiger partial charge is 0.243 e. The third-order valence-corrected chi connectivity index (χ3v) is 5.64. The van der Waals surface area contributed by atoms with Crippen LogP contribution in [0.15, 0.2) is 72.9 Å². The molecule has 0 saturated heterocycles. The number of nitrogens with two attached hydrogens (primary N) is 1. The first-order valence-corrected chi connectivity index (χ1v) is 10.7. The summed E-state index contributed by atoms with van der Waals surface area (Å²) in [5.74, 6) is -0.622. The Morgan fingerprint density at radius 3 is 2.41 bits per heavy atom. The van der Waals surface area contributed by atoms with Gasteiger partial charge in [-0.15, -0.1) is 0 Å². The number of carbonyl (C=O) groups excluding carboxylic acids is 2. The molecule has 0 aliphatic heterocycles. The maximum absolute atomic E-state index is 13.2. The molecule has 1 aromatic heterocycles. The Balaban J connectivity index is 1.55. The van der Waals surface area contributed by atoms with E-state index < -0.39 is 11.6 Å². The molecule has 164 valence electrons. The zero-order chi connectivity index (χ0) is 22.7. The molecule has 6 heteroatoms. The molecule has 4 rings (SSSR count). The number of rotatable bonds is 7. The normalized spacial score (nSPS) is 12.6. The van der Waals surface area contributed by atoms with E-state index in [9.17, 15) is 9.59 Å². The predicted octanol–water partition coefficient (Wildman–Crippen LogP) is 3.40. The Morgan fingerprint density at radius 2 is 1.62 bits per heavy atom. The lowest BCUT2D eigenvalue weighted by Gasteiger charge is -2.24. The highest BCUT2D eigenvalue weighted by Gasteiger charge is 2.28. The summed E-state index contributed by atoms with van der Waals surface area (Å²) in [6.45, 7) is 3.62. The van der Waals surface area contributed by atoms with E-state index >= 15 is 0 Å². The minimum atomic E-state index is -1.09. The lowest BCUT2D eigenvalue weighted by atomic mass is 10.0. The Morgan fingerprint density at radius 1 is 0.938 bits per heavy atom. The van der Waals surface area contributed by atoms with Crippen molar-refractivity contribution in [3.05, 3.63) is 84.1 Å². The van der Waals surface area contributed by atoms with Crippen molar-refractivity contribution >= 4 is 33.5 Å². The average molecular weight is 429 g/mol. The monoisotopic (exact) mass is 428 g/mol. The first kappa shape index (κ1) is 21.6. The number of hydrogen-bond donors (Lipinski definition) is 4. The second kappa shape index (κ2) is 8.85. The lowest BCUT2D eigenvalue weighted by molar-refractivity contribution is -0.131. The van der Waals surface area contributed by atoms with E-state index in [1.54, 1.807) is 13.8 Å². The van der Waals surface area contributed by atoms with Gasteiger partial charge in [-0.1, -0.05) is 60.7 Å². The molecular formula is C26H28N4O2. The van der Waals surface area contributed by atoms with Crippen molar-refractivity contribution in [2.45, 2.75) is 38.4 Å². The highest BCUT2D eigenvalue weighted by Crippen LogP contribution is 2.20. The predicted molar refractivity (Wildman–Crippen MR) is 128 cm³/mol. The van der Waals surface area contributed by atoms with Crippen molar-refractivity contribution in [1.82, 2.24) is 15.6 Å². The van der Waals surface area contributed by atoms with E-state index in [2.05, 4.69) is 15.6 Å². The van der Waals surface area contributed by atoms with Gasteiger partial charge in [0.1, 0.15) is 6.04 Å². The summed E-state index contributed by atoms with van der Waals surface area (Å²) in [7, 11) is 0. The number of para-hydroxylation sites is 1. The molecular weight excluding hydrogens is 400 g/mol. The fraction of sp³-hybridized carbons (Fsp3) is 0.231. The zero-order valence-electron chi connectivity index (χ0n) is 18.3. The van der Waals surface area contributed by atoms with Crippen LogP contribution in [0.3, 0.4) is 0 Å². The molecule has 0 spiro atoms. The summed E-state index contributed by atoms with van der Waals surface area (Å²) in [6, 6.07) is 21.2. The number of fused-ring (bicyclic) bond motifs is 2. The van der Waals surface area contributed by atoms with E-state index in [0.717, 1.165) is 32.8 Å². The molecule has 0 aliphatic carbocycles. The second-order valence-corrected chi connectivity index (χ2v) is 8.67. The van der Waals surface area contributed by atoms with Gasteiger partial charge in [-0.2, -0.15) is 0 Å². The second-order valence-electron chi connectivity index (χ2n) is 8.67. The van der Waals surface area contributed by atoms with E-state index in [0.29, 0.717) is 13.0 Å². The molecule has 0 saturated carbocycles. The molecule has 0 radical (unpaired) electrons. The first-order valence-electron chi connectivity index (χ1n) is 10.7. The van der Waals surface area contributed by atoms with Crippen molar-refractivity contribution in [3.63, 3.8) is 0 Å². The molecule has 0 bridgehead atoms. The molecule has 1 atom stereocenters. The Hall–Kier alpha value is -3.64. The number of aromatic amines is 1. The van der Waals surface area contributed by atoms with Crippen molar-refractivity contribution in [3.8, 4) is 0 Å². The van der Waals surface area contributed by atoms with Gasteiger partial charge < -0.3 is 21.4 Å². The molecule has 1 heterocycles. The van der Waals surface area contributed by atoms with Gasteiger partial charge in [0.25, 0.3) is 0 Å². The highest BCUT2D eigenvalue weighted by atomic mass is 16.2. The standard InChI is InChI=1S/C26H28N4O2/c1-26(2,27)25(32)30-23(14-19-16-28-22-13-6-5-12-21(19)22)24(31)29-15-18-10-7-9-17-8-3-4-11-20(17)18/h3-13,16,23,28H,14-15,27H2,1-2H3,(H,29,31)(H,30,32)/t23-/m1/s1. The van der Waals surface area contributed by atoms with Crippen LogP contribution in [0.5, 0.6) is 0 Å². The van der Waals surface area contributed by atoms with Gasteiger partial charge in [0.15, 0.2) is 0 Å². The average Bonchev–Trinajstić information content (AvgIpc) is 3.19. The third kappa shape index (κ3) is 4.65. The number of nitrogens with one attached hydrogen (secondary N) is 3. The highest BCUT2D eigenvalue weighted by molar-refractivity contribution is 5.93. The number of carbonyl (C=O) groups is 2. The van der Waals surface area contributed by atoms with Crippen LogP contribution >= 0.6 is 0 Å². The summed E-state index contributed by atoms with van der Waals surface area (Å²) >= 11 is 0. The van der Waals surface area contributed by atoms with Gasteiger partial charge >= 0.3 is 0 Å². The maximum Gasteiger partial charge on any atom is 0.243 e. The van der Waals surface area contributed by atoms with Crippen molar-refractivity contribution in [1.29, 1.82) is 0 Å². The molecule has 2 amide bonds. The number of amides is 2. The van der Waals surface area contributed by atoms with Gasteiger partial charge in [-0.05, 0) is 41.8 Å². The summed E-state index contributed by atoms with van der Waals surface area (Å²) in [6.07, 6.45) is 2.24. The van der Waals surface area contributed by atoms with Crippen molar-refractivity contribution in [2.75, 3.05) is 0 Å². The number of H-pyrrole nitrogens is 1. The van der Waals surface area contributed by atoms with Gasteiger partial charge in [0.05, 0.1) is 5.54 Å². The number of benzene rings is 3. The SMILES string of the molecule is CC(C)(N)C(=O)N[C@H](Cc1c[nH]c2ccccc12)C(=O)NCc1cccc2ccccc12. The number of aromatic nitrogens is 1. The van der Waals surface area contributed by atoms with Gasteiger partial charge in [0.2, 0.25) is 11.8 Å². The van der Waals surface area contributed by atoms with Crippen LogP contribution in [0, 0.1) is 0 Å². The van der Waals surface area contributed by atoms with Crippen LogP contribution in [-0.2, 0) is 22.6 Å². The molecule has 0 unspecified atom stereocenters. The van der Waals surface area contributed by atoms with E-state index in [-0.39, 0.29) is 11.8 Å². The van der Waals surface area contributed by atoms with Crippen LogP contribution in [0.2, 0.25) is 0 Å². The van der Waals surface area contributed by atoms with Crippen molar-refractivity contribution in [2.24, 2.45) is 5.73 Å². The van der Waals surface area contributed by atoms with Crippen LogP contribution in [-0.4, -0.2) is 28.4 Å². The van der Waals surface area contributed by atoms with Gasteiger partial charge in [-0.3, -0.25) is 9.59 Å². The summed E-state index contributed by atoms with van der Waals surface area (Å²) in [5.41, 5.74) is 7.85. The minimum absolute atomic E-state index is 0.249. The summed E-state index contributed by atoms with van der Waals surface area (Å²) in [4.78, 5) is 29.0. The molecule has 3 aromatic carbocycles. The van der Waals surface area contributed by atoms with Crippen molar-refractivity contribution < 1.29 is 9.59 Å². The summed E-state index contributed by atoms with van der Waals surface area (Å²) < 4.78 is 0. The van der Waals surface area contributed by atoms with Crippen LogP contribution in [0.25, 0.3) is 21.7 Å². The first-order chi connectivity index (χ1) is 15.3. The summed E-state index contributed by atoms with van der Waals surface area (Å²) in [5, 5.41) is 9.09. The Labute approximate surface area is 187 Å². The zero-order valence-corrected chi connectivity index (χ0v) is 18.3. The minimum Gasteiger partial charge on any atom is -0.361 e. The number of hydrogen-bond acceptors (Lipinski definition) is 3. The maximum atomic E-state index is 13.2. The lowest BCUT2D eigenvalue weighted by Crippen LogP contribution is -2.56. The van der Waals surface area contributed by atoms with Crippen LogP contribution in [0.4, 0.5) is 0 Å². The van der Waals surface area contributed by atoms with E-state index in [4.69, 9.17) is 5.73 Å². The van der Waals surface area contributed by atoms with Gasteiger partial charge in [0, 0.05) is 30.1 Å². The fourth-order valence-corrected chi connectivity index (χ4v) is 3.83. The van der Waals surface area contributed by atoms with E-state index in [1.807, 2.05) is 72.9 Å². The largest absolute Gasteiger partial charge is 0.361 e.